The highest BCUT2D eigenvalue weighted by Gasteiger charge is 2.07. The van der Waals surface area contributed by atoms with Crippen molar-refractivity contribution in [1.82, 2.24) is 5.32 Å². The van der Waals surface area contributed by atoms with Crippen molar-refractivity contribution in [1.29, 1.82) is 0 Å². The quantitative estimate of drug-likeness (QED) is 0.713. The number of rotatable bonds is 5. The van der Waals surface area contributed by atoms with Gasteiger partial charge in [0.2, 0.25) is 0 Å². The predicted octanol–water partition coefficient (Wildman–Crippen LogP) is 5.30. The number of anilines is 1. The molecule has 0 heterocycles. The summed E-state index contributed by atoms with van der Waals surface area (Å²) in [6.07, 6.45) is 2.01. The van der Waals surface area contributed by atoms with E-state index in [4.69, 9.17) is 35.4 Å². The lowest BCUT2D eigenvalue weighted by molar-refractivity contribution is 0.609. The number of halogens is 2. The van der Waals surface area contributed by atoms with Crippen molar-refractivity contribution in [3.05, 3.63) is 64.1 Å². The zero-order valence-corrected chi connectivity index (χ0v) is 14.6. The van der Waals surface area contributed by atoms with Gasteiger partial charge in [-0.2, -0.15) is 0 Å². The molecular formula is C17H18Cl2N2S. The highest BCUT2D eigenvalue weighted by Crippen LogP contribution is 2.25. The van der Waals surface area contributed by atoms with E-state index in [1.165, 1.54) is 5.56 Å². The lowest BCUT2D eigenvalue weighted by atomic mass is 10.1. The van der Waals surface area contributed by atoms with Crippen molar-refractivity contribution < 1.29 is 0 Å². The molecule has 5 heteroatoms. The topological polar surface area (TPSA) is 24.1 Å². The van der Waals surface area contributed by atoms with Gasteiger partial charge < -0.3 is 10.6 Å². The van der Waals surface area contributed by atoms with Gasteiger partial charge in [-0.05, 0) is 55.7 Å². The summed E-state index contributed by atoms with van der Waals surface area (Å²) in [5.41, 5.74) is 2.08. The number of nitrogens with one attached hydrogen (secondary N) is 2. The molecule has 0 aliphatic rings. The first-order valence-corrected chi connectivity index (χ1v) is 8.27. The SMILES string of the molecule is CC(CCc1ccccc1)NC(=S)Nc1ccc(Cl)cc1Cl. The van der Waals surface area contributed by atoms with E-state index in [1.807, 2.05) is 12.1 Å². The zero-order valence-electron chi connectivity index (χ0n) is 12.3. The maximum absolute atomic E-state index is 6.12. The Bertz CT molecular complexity index is 632. The van der Waals surface area contributed by atoms with E-state index in [2.05, 4.69) is 41.8 Å². The van der Waals surface area contributed by atoms with Crippen LogP contribution in [0.15, 0.2) is 48.5 Å². The summed E-state index contributed by atoms with van der Waals surface area (Å²) in [6.45, 7) is 2.11. The fraction of sp³-hybridized carbons (Fsp3) is 0.235. The molecule has 0 aliphatic carbocycles. The van der Waals surface area contributed by atoms with Crippen molar-refractivity contribution in [2.45, 2.75) is 25.8 Å². The van der Waals surface area contributed by atoms with Gasteiger partial charge in [0.1, 0.15) is 0 Å². The maximum atomic E-state index is 6.12. The number of aryl methyl sites for hydroxylation is 1. The van der Waals surface area contributed by atoms with Crippen LogP contribution in [0.2, 0.25) is 10.0 Å². The number of hydrogen-bond acceptors (Lipinski definition) is 1. The van der Waals surface area contributed by atoms with Crippen molar-refractivity contribution in [2.24, 2.45) is 0 Å². The molecule has 0 saturated heterocycles. The Morgan fingerprint density at radius 2 is 1.86 bits per heavy atom. The van der Waals surface area contributed by atoms with E-state index in [-0.39, 0.29) is 6.04 Å². The Morgan fingerprint density at radius 3 is 2.55 bits per heavy atom. The smallest absolute Gasteiger partial charge is 0.171 e. The second kappa shape index (κ2) is 8.37. The van der Waals surface area contributed by atoms with Crippen LogP contribution in [0, 0.1) is 0 Å². The molecule has 2 aromatic rings. The van der Waals surface area contributed by atoms with Crippen LogP contribution in [0.25, 0.3) is 0 Å². The minimum atomic E-state index is 0.270. The molecule has 0 spiro atoms. The Balaban J connectivity index is 1.81. The molecule has 22 heavy (non-hydrogen) atoms. The van der Waals surface area contributed by atoms with Crippen molar-refractivity contribution in [2.75, 3.05) is 5.32 Å². The maximum Gasteiger partial charge on any atom is 0.171 e. The lowest BCUT2D eigenvalue weighted by Crippen LogP contribution is -2.36. The van der Waals surface area contributed by atoms with Crippen LogP contribution in [-0.2, 0) is 6.42 Å². The molecule has 0 aromatic heterocycles. The van der Waals surface area contributed by atoms with E-state index < -0.39 is 0 Å². The lowest BCUT2D eigenvalue weighted by Gasteiger charge is -2.17. The van der Waals surface area contributed by atoms with Crippen molar-refractivity contribution in [3.8, 4) is 0 Å². The second-order valence-corrected chi connectivity index (χ2v) is 6.40. The van der Waals surface area contributed by atoms with Gasteiger partial charge in [0.05, 0.1) is 10.7 Å². The van der Waals surface area contributed by atoms with Crippen molar-refractivity contribution in [3.63, 3.8) is 0 Å². The van der Waals surface area contributed by atoms with Crippen LogP contribution >= 0.6 is 35.4 Å². The molecular weight excluding hydrogens is 335 g/mol. The fourth-order valence-electron chi connectivity index (χ4n) is 2.07. The third-order valence-electron chi connectivity index (χ3n) is 3.27. The third-order valence-corrected chi connectivity index (χ3v) is 4.03. The summed E-state index contributed by atoms with van der Waals surface area (Å²) in [7, 11) is 0. The molecule has 2 aromatic carbocycles. The first-order valence-electron chi connectivity index (χ1n) is 7.11. The minimum Gasteiger partial charge on any atom is -0.360 e. The summed E-state index contributed by atoms with van der Waals surface area (Å²) < 4.78 is 0. The summed E-state index contributed by atoms with van der Waals surface area (Å²) in [5, 5.41) is 8.08. The normalized spacial score (nSPS) is 11.8. The Morgan fingerprint density at radius 1 is 1.14 bits per heavy atom. The molecule has 0 bridgehead atoms. The molecule has 0 radical (unpaired) electrons. The summed E-state index contributed by atoms with van der Waals surface area (Å²) in [4.78, 5) is 0. The monoisotopic (exact) mass is 352 g/mol. The zero-order chi connectivity index (χ0) is 15.9. The number of thiocarbonyl (C=S) groups is 1. The van der Waals surface area contributed by atoms with Gasteiger partial charge in [-0.15, -0.1) is 0 Å². The minimum absolute atomic E-state index is 0.270. The summed E-state index contributed by atoms with van der Waals surface area (Å²) in [5.74, 6) is 0. The molecule has 0 amide bonds. The van der Waals surface area contributed by atoms with E-state index in [0.717, 1.165) is 18.5 Å². The van der Waals surface area contributed by atoms with E-state index in [0.29, 0.717) is 15.2 Å². The van der Waals surface area contributed by atoms with Crippen LogP contribution in [0.3, 0.4) is 0 Å². The van der Waals surface area contributed by atoms with Gasteiger partial charge in [-0.1, -0.05) is 53.5 Å². The highest BCUT2D eigenvalue weighted by molar-refractivity contribution is 7.80. The molecule has 0 fully saturated rings. The number of benzene rings is 2. The predicted molar refractivity (Wildman–Crippen MR) is 100 cm³/mol. The molecule has 0 aliphatic heterocycles. The summed E-state index contributed by atoms with van der Waals surface area (Å²) in [6, 6.07) is 16.0. The third kappa shape index (κ3) is 5.48. The van der Waals surface area contributed by atoms with E-state index in [1.54, 1.807) is 12.1 Å². The van der Waals surface area contributed by atoms with Crippen LogP contribution < -0.4 is 10.6 Å². The van der Waals surface area contributed by atoms with Crippen LogP contribution in [0.4, 0.5) is 5.69 Å². The van der Waals surface area contributed by atoms with Gasteiger partial charge in [-0.25, -0.2) is 0 Å². The second-order valence-electron chi connectivity index (χ2n) is 5.15. The van der Waals surface area contributed by atoms with Gasteiger partial charge in [0.15, 0.2) is 5.11 Å². The highest BCUT2D eigenvalue weighted by atomic mass is 35.5. The number of hydrogen-bond donors (Lipinski definition) is 2. The van der Waals surface area contributed by atoms with Gasteiger partial charge in [-0.3, -0.25) is 0 Å². The Hall–Kier alpha value is -1.29. The molecule has 1 unspecified atom stereocenters. The van der Waals surface area contributed by atoms with Crippen LogP contribution in [0.1, 0.15) is 18.9 Å². The molecule has 2 nitrogen and oxygen atoms in total. The average Bonchev–Trinajstić information content (AvgIpc) is 2.49. The largest absolute Gasteiger partial charge is 0.360 e. The van der Waals surface area contributed by atoms with Gasteiger partial charge >= 0.3 is 0 Å². The Labute approximate surface area is 146 Å². The fourth-order valence-corrected chi connectivity index (χ4v) is 2.84. The first kappa shape index (κ1) is 17.1. The molecule has 1 atom stereocenters. The molecule has 0 saturated carbocycles. The van der Waals surface area contributed by atoms with Crippen molar-refractivity contribution >= 4 is 46.2 Å². The van der Waals surface area contributed by atoms with E-state index >= 15 is 0 Å². The molecule has 2 N–H and O–H groups in total. The van der Waals surface area contributed by atoms with E-state index in [9.17, 15) is 0 Å². The Kier molecular flexibility index (Phi) is 6.49. The summed E-state index contributed by atoms with van der Waals surface area (Å²) >= 11 is 17.3. The van der Waals surface area contributed by atoms with Gasteiger partial charge in [0.25, 0.3) is 0 Å². The molecule has 116 valence electrons. The van der Waals surface area contributed by atoms with Crippen LogP contribution in [0.5, 0.6) is 0 Å². The van der Waals surface area contributed by atoms with Crippen LogP contribution in [-0.4, -0.2) is 11.2 Å². The standard InChI is InChI=1S/C17H18Cl2N2S/c1-12(7-8-13-5-3-2-4-6-13)20-17(22)21-16-10-9-14(18)11-15(16)19/h2-6,9-12H,7-8H2,1H3,(H2,20,21,22). The average molecular weight is 353 g/mol. The first-order chi connectivity index (χ1) is 10.5. The van der Waals surface area contributed by atoms with Gasteiger partial charge in [0, 0.05) is 11.1 Å². The molecule has 2 rings (SSSR count).